The highest BCUT2D eigenvalue weighted by Crippen LogP contribution is 2.38. The van der Waals surface area contributed by atoms with Gasteiger partial charge >= 0.3 is 0 Å². The molecule has 3 aliphatic rings. The minimum absolute atomic E-state index is 0. The van der Waals surface area contributed by atoms with Gasteiger partial charge in [0, 0.05) is 38.7 Å². The van der Waals surface area contributed by atoms with E-state index >= 15 is 0 Å². The van der Waals surface area contributed by atoms with Gasteiger partial charge in [-0.05, 0) is 56.5 Å². The van der Waals surface area contributed by atoms with Gasteiger partial charge in [-0.15, -0.1) is 24.0 Å². The van der Waals surface area contributed by atoms with Crippen molar-refractivity contribution in [2.24, 2.45) is 10.4 Å². The van der Waals surface area contributed by atoms with E-state index in [1.165, 1.54) is 50.8 Å². The van der Waals surface area contributed by atoms with Crippen molar-refractivity contribution in [3.63, 3.8) is 0 Å². The van der Waals surface area contributed by atoms with E-state index in [1.807, 2.05) is 7.05 Å². The molecule has 0 bridgehead atoms. The Hall–Kier alpha value is -1.06. The summed E-state index contributed by atoms with van der Waals surface area (Å²) in [5, 5.41) is 3.70. The molecule has 1 spiro atoms. The van der Waals surface area contributed by atoms with Crippen molar-refractivity contribution in [2.75, 3.05) is 60.1 Å². The van der Waals surface area contributed by atoms with Gasteiger partial charge in [0.15, 0.2) is 5.96 Å². The molecular formula is C23H37IN4O2. The molecule has 2 unspecified atom stereocenters. The van der Waals surface area contributed by atoms with Crippen LogP contribution in [0.25, 0.3) is 0 Å². The van der Waals surface area contributed by atoms with Crippen LogP contribution in [-0.4, -0.2) is 75.9 Å². The van der Waals surface area contributed by atoms with E-state index in [0.29, 0.717) is 11.5 Å². The first-order chi connectivity index (χ1) is 14.2. The molecule has 3 aliphatic heterocycles. The van der Waals surface area contributed by atoms with Crippen LogP contribution in [0.5, 0.6) is 5.75 Å². The van der Waals surface area contributed by atoms with Crippen LogP contribution in [0.1, 0.15) is 43.7 Å². The van der Waals surface area contributed by atoms with E-state index in [9.17, 15) is 0 Å². The number of rotatable bonds is 5. The Labute approximate surface area is 198 Å². The topological polar surface area (TPSA) is 49.3 Å². The lowest BCUT2D eigenvalue weighted by Gasteiger charge is -2.36. The Bertz CT molecular complexity index is 685. The summed E-state index contributed by atoms with van der Waals surface area (Å²) in [6.45, 7) is 7.15. The fourth-order valence-electron chi connectivity index (χ4n) is 5.12. The zero-order valence-corrected chi connectivity index (χ0v) is 20.8. The molecule has 7 heteroatoms. The van der Waals surface area contributed by atoms with Crippen molar-refractivity contribution >= 4 is 29.9 Å². The molecule has 3 saturated heterocycles. The maximum absolute atomic E-state index is 5.69. The number of aliphatic imine (C=N–C) groups is 1. The quantitative estimate of drug-likeness (QED) is 0.360. The predicted molar refractivity (Wildman–Crippen MR) is 132 cm³/mol. The molecule has 0 saturated carbocycles. The summed E-state index contributed by atoms with van der Waals surface area (Å²) in [5.74, 6) is 1.94. The maximum Gasteiger partial charge on any atom is 0.193 e. The molecule has 3 heterocycles. The number of guanidine groups is 1. The molecule has 3 fully saturated rings. The number of nitrogens with one attached hydrogen (secondary N) is 1. The Morgan fingerprint density at radius 3 is 2.57 bits per heavy atom. The second-order valence-corrected chi connectivity index (χ2v) is 8.79. The second kappa shape index (κ2) is 11.0. The first-order valence-electron chi connectivity index (χ1n) is 11.1. The summed E-state index contributed by atoms with van der Waals surface area (Å²) < 4.78 is 11.1. The van der Waals surface area contributed by atoms with Gasteiger partial charge < -0.3 is 19.7 Å². The van der Waals surface area contributed by atoms with Crippen LogP contribution in [0.2, 0.25) is 0 Å². The average Bonchev–Trinajstić information content (AvgIpc) is 3.42. The van der Waals surface area contributed by atoms with Crippen molar-refractivity contribution in [2.45, 2.75) is 38.1 Å². The molecule has 6 nitrogen and oxygen atoms in total. The summed E-state index contributed by atoms with van der Waals surface area (Å²) in [6, 6.07) is 8.92. The van der Waals surface area contributed by atoms with E-state index in [4.69, 9.17) is 9.47 Å². The number of halogens is 1. The normalized spacial score (nSPS) is 25.9. The molecular weight excluding hydrogens is 491 g/mol. The SMILES string of the molecule is CN=C(NCC(c1ccc(OC)cc1)N1CCCCC1)N1CCC2(CCOC2)C1.I. The van der Waals surface area contributed by atoms with Gasteiger partial charge in [-0.2, -0.15) is 0 Å². The van der Waals surface area contributed by atoms with Gasteiger partial charge in [0.2, 0.25) is 0 Å². The molecule has 0 radical (unpaired) electrons. The van der Waals surface area contributed by atoms with Crippen LogP contribution >= 0.6 is 24.0 Å². The summed E-state index contributed by atoms with van der Waals surface area (Å²) in [6.07, 6.45) is 6.31. The first kappa shape index (κ1) is 23.6. The van der Waals surface area contributed by atoms with Crippen LogP contribution in [-0.2, 0) is 4.74 Å². The van der Waals surface area contributed by atoms with Crippen molar-refractivity contribution in [1.29, 1.82) is 0 Å². The largest absolute Gasteiger partial charge is 0.497 e. The van der Waals surface area contributed by atoms with Gasteiger partial charge in [-0.3, -0.25) is 9.89 Å². The standard InChI is InChI=1S/C23H36N4O2.HI/c1-24-22(27-14-10-23(17-27)11-15-29-18-23)25-16-21(26-12-4-3-5-13-26)19-6-8-20(28-2)9-7-19;/h6-9,21H,3-5,10-18H2,1-2H3,(H,24,25);1H. The highest BCUT2D eigenvalue weighted by Gasteiger charge is 2.42. The fourth-order valence-corrected chi connectivity index (χ4v) is 5.12. The number of piperidine rings is 1. The van der Waals surface area contributed by atoms with Crippen molar-refractivity contribution in [1.82, 2.24) is 15.1 Å². The molecule has 168 valence electrons. The number of hydrogen-bond acceptors (Lipinski definition) is 4. The number of hydrogen-bond donors (Lipinski definition) is 1. The molecule has 30 heavy (non-hydrogen) atoms. The Morgan fingerprint density at radius 1 is 1.17 bits per heavy atom. The highest BCUT2D eigenvalue weighted by molar-refractivity contribution is 14.0. The molecule has 0 aliphatic carbocycles. The summed E-state index contributed by atoms with van der Waals surface area (Å²) >= 11 is 0. The first-order valence-corrected chi connectivity index (χ1v) is 11.1. The summed E-state index contributed by atoms with van der Waals surface area (Å²) in [5.41, 5.74) is 1.69. The summed E-state index contributed by atoms with van der Waals surface area (Å²) in [7, 11) is 3.63. The molecule has 0 aromatic heterocycles. The Kier molecular flexibility index (Phi) is 8.65. The van der Waals surface area contributed by atoms with Crippen molar-refractivity contribution in [3.8, 4) is 5.75 Å². The number of benzene rings is 1. The van der Waals surface area contributed by atoms with Crippen LogP contribution in [0.15, 0.2) is 29.3 Å². The van der Waals surface area contributed by atoms with E-state index in [0.717, 1.165) is 44.6 Å². The van der Waals surface area contributed by atoms with E-state index in [2.05, 4.69) is 44.4 Å². The third-order valence-corrected chi connectivity index (χ3v) is 6.92. The van der Waals surface area contributed by atoms with Gasteiger partial charge in [0.25, 0.3) is 0 Å². The second-order valence-electron chi connectivity index (χ2n) is 8.79. The van der Waals surface area contributed by atoms with Crippen LogP contribution in [0, 0.1) is 5.41 Å². The lowest BCUT2D eigenvalue weighted by Crippen LogP contribution is -2.46. The minimum Gasteiger partial charge on any atom is -0.497 e. The van der Waals surface area contributed by atoms with E-state index in [-0.39, 0.29) is 24.0 Å². The zero-order chi connectivity index (χ0) is 20.1. The third-order valence-electron chi connectivity index (χ3n) is 6.92. The van der Waals surface area contributed by atoms with E-state index < -0.39 is 0 Å². The lowest BCUT2D eigenvalue weighted by molar-refractivity contribution is 0.156. The molecule has 1 aromatic carbocycles. The third kappa shape index (κ3) is 5.40. The molecule has 1 N–H and O–H groups in total. The van der Waals surface area contributed by atoms with E-state index in [1.54, 1.807) is 7.11 Å². The van der Waals surface area contributed by atoms with Crippen LogP contribution in [0.4, 0.5) is 0 Å². The van der Waals surface area contributed by atoms with Gasteiger partial charge in [0.05, 0.1) is 19.8 Å². The van der Waals surface area contributed by atoms with Gasteiger partial charge in [-0.1, -0.05) is 18.6 Å². The fraction of sp³-hybridized carbons (Fsp3) is 0.696. The van der Waals surface area contributed by atoms with Crippen LogP contribution < -0.4 is 10.1 Å². The van der Waals surface area contributed by atoms with Crippen LogP contribution in [0.3, 0.4) is 0 Å². The lowest BCUT2D eigenvalue weighted by atomic mass is 9.87. The molecule has 1 aromatic rings. The Morgan fingerprint density at radius 2 is 1.93 bits per heavy atom. The number of nitrogens with zero attached hydrogens (tertiary/aromatic N) is 3. The smallest absolute Gasteiger partial charge is 0.193 e. The maximum atomic E-state index is 5.69. The van der Waals surface area contributed by atoms with Crippen molar-refractivity contribution < 1.29 is 9.47 Å². The minimum atomic E-state index is 0. The van der Waals surface area contributed by atoms with Gasteiger partial charge in [-0.25, -0.2) is 0 Å². The molecule has 4 rings (SSSR count). The predicted octanol–water partition coefficient (Wildman–Crippen LogP) is 3.53. The number of methoxy groups -OCH3 is 1. The highest BCUT2D eigenvalue weighted by atomic mass is 127. The summed E-state index contributed by atoms with van der Waals surface area (Å²) in [4.78, 5) is 9.67. The number of ether oxygens (including phenoxy) is 2. The van der Waals surface area contributed by atoms with Crippen molar-refractivity contribution in [3.05, 3.63) is 29.8 Å². The monoisotopic (exact) mass is 528 g/mol. The molecule has 0 amide bonds. The number of likely N-dealkylation sites (tertiary alicyclic amines) is 2. The van der Waals surface area contributed by atoms with Gasteiger partial charge in [0.1, 0.15) is 5.75 Å². The average molecular weight is 528 g/mol. The molecule has 2 atom stereocenters. The Balaban J connectivity index is 0.00000256. The zero-order valence-electron chi connectivity index (χ0n) is 18.4.